The Labute approximate surface area is 102 Å². The van der Waals surface area contributed by atoms with Gasteiger partial charge in [-0.1, -0.05) is 11.6 Å². The third-order valence-corrected chi connectivity index (χ3v) is 4.13. The molecule has 0 saturated heterocycles. The van der Waals surface area contributed by atoms with Crippen molar-refractivity contribution in [2.75, 3.05) is 13.1 Å². The highest BCUT2D eigenvalue weighted by atomic mass is 16.4. The maximum atomic E-state index is 12.4. The average Bonchev–Trinajstić information content (AvgIpc) is 3.07. The summed E-state index contributed by atoms with van der Waals surface area (Å²) in [6.45, 7) is 3.52. The Bertz CT molecular complexity index is 333. The first-order valence-corrected chi connectivity index (χ1v) is 6.41. The molecule has 3 N–H and O–H groups in total. The number of nitrogens with zero attached hydrogens (tertiary/aromatic N) is 2. The van der Waals surface area contributed by atoms with Crippen molar-refractivity contribution in [1.29, 1.82) is 0 Å². The second kappa shape index (κ2) is 4.55. The number of amides is 1. The fourth-order valence-corrected chi connectivity index (χ4v) is 2.45. The monoisotopic (exact) mass is 239 g/mol. The molecule has 17 heavy (non-hydrogen) atoms. The zero-order valence-electron chi connectivity index (χ0n) is 10.4. The van der Waals surface area contributed by atoms with E-state index in [1.807, 2.05) is 11.8 Å². The highest BCUT2D eigenvalue weighted by molar-refractivity contribution is 6.09. The molecule has 1 amide bonds. The summed E-state index contributed by atoms with van der Waals surface area (Å²) in [5, 5.41) is 11.8. The number of hydrogen-bond acceptors (Lipinski definition) is 3. The van der Waals surface area contributed by atoms with Crippen LogP contribution in [0.25, 0.3) is 0 Å². The van der Waals surface area contributed by atoms with Crippen LogP contribution in [0.3, 0.4) is 0 Å². The zero-order chi connectivity index (χ0) is 12.5. The molecule has 5 heteroatoms. The Morgan fingerprint density at radius 2 is 2.18 bits per heavy atom. The molecular weight excluding hydrogens is 218 g/mol. The van der Waals surface area contributed by atoms with Gasteiger partial charge in [-0.15, -0.1) is 0 Å². The molecule has 2 aliphatic carbocycles. The summed E-state index contributed by atoms with van der Waals surface area (Å²) in [6, 6.07) is 0. The molecule has 2 rings (SSSR count). The number of carbonyl (C=O) groups excluding carboxylic acids is 1. The van der Waals surface area contributed by atoms with Gasteiger partial charge in [0.05, 0.1) is 0 Å². The fourth-order valence-electron chi connectivity index (χ4n) is 2.45. The largest absolute Gasteiger partial charge is 0.409 e. The smallest absolute Gasteiger partial charge is 0.236 e. The summed E-state index contributed by atoms with van der Waals surface area (Å²) in [6.07, 6.45) is 5.15. The van der Waals surface area contributed by atoms with Gasteiger partial charge in [-0.3, -0.25) is 4.79 Å². The van der Waals surface area contributed by atoms with Crippen LogP contribution in [0.15, 0.2) is 5.16 Å². The molecule has 0 atom stereocenters. The Hall–Kier alpha value is -1.26. The molecule has 0 radical (unpaired) electrons. The van der Waals surface area contributed by atoms with Crippen molar-refractivity contribution >= 4 is 11.7 Å². The second-order valence-corrected chi connectivity index (χ2v) is 5.21. The van der Waals surface area contributed by atoms with Crippen LogP contribution >= 0.6 is 0 Å². The average molecular weight is 239 g/mol. The van der Waals surface area contributed by atoms with Gasteiger partial charge in [0.25, 0.3) is 0 Å². The lowest BCUT2D eigenvalue weighted by molar-refractivity contribution is -0.135. The highest BCUT2D eigenvalue weighted by Gasteiger charge is 2.55. The van der Waals surface area contributed by atoms with Gasteiger partial charge in [0.2, 0.25) is 5.91 Å². The van der Waals surface area contributed by atoms with Gasteiger partial charge in [-0.05, 0) is 38.5 Å². The maximum Gasteiger partial charge on any atom is 0.236 e. The number of amidine groups is 1. The van der Waals surface area contributed by atoms with Crippen molar-refractivity contribution in [2.24, 2.45) is 22.2 Å². The lowest BCUT2D eigenvalue weighted by Crippen LogP contribution is -2.46. The quantitative estimate of drug-likeness (QED) is 0.327. The lowest BCUT2D eigenvalue weighted by atomic mass is 9.85. The van der Waals surface area contributed by atoms with Crippen molar-refractivity contribution in [3.05, 3.63) is 0 Å². The van der Waals surface area contributed by atoms with Crippen LogP contribution in [-0.2, 0) is 4.79 Å². The van der Waals surface area contributed by atoms with E-state index in [-0.39, 0.29) is 11.7 Å². The van der Waals surface area contributed by atoms with Gasteiger partial charge in [-0.2, -0.15) is 0 Å². The predicted octanol–water partition coefficient (Wildman–Crippen LogP) is 1.16. The van der Waals surface area contributed by atoms with Crippen molar-refractivity contribution in [1.82, 2.24) is 4.90 Å². The van der Waals surface area contributed by atoms with Gasteiger partial charge >= 0.3 is 0 Å². The van der Waals surface area contributed by atoms with Gasteiger partial charge in [0, 0.05) is 13.1 Å². The molecule has 2 aliphatic rings. The minimum atomic E-state index is -0.686. The van der Waals surface area contributed by atoms with Crippen LogP contribution in [0, 0.1) is 11.3 Å². The first-order chi connectivity index (χ1) is 8.14. The van der Waals surface area contributed by atoms with Crippen molar-refractivity contribution in [3.63, 3.8) is 0 Å². The molecule has 5 nitrogen and oxygen atoms in total. The zero-order valence-corrected chi connectivity index (χ0v) is 10.4. The van der Waals surface area contributed by atoms with E-state index in [2.05, 4.69) is 5.16 Å². The summed E-state index contributed by atoms with van der Waals surface area (Å²) >= 11 is 0. The number of hydrogen-bond donors (Lipinski definition) is 2. The van der Waals surface area contributed by atoms with Crippen molar-refractivity contribution in [3.8, 4) is 0 Å². The van der Waals surface area contributed by atoms with Crippen molar-refractivity contribution in [2.45, 2.75) is 39.0 Å². The SMILES string of the molecule is CCN(CC1CCC1)C(=O)C1(C(N)=NO)CC1. The van der Waals surface area contributed by atoms with Crippen LogP contribution in [0.4, 0.5) is 0 Å². The number of rotatable bonds is 5. The Kier molecular flexibility index (Phi) is 3.26. The summed E-state index contributed by atoms with van der Waals surface area (Å²) in [5.74, 6) is 0.777. The predicted molar refractivity (Wildman–Crippen MR) is 64.7 cm³/mol. The molecule has 0 heterocycles. The van der Waals surface area contributed by atoms with Gasteiger partial charge in [0.15, 0.2) is 5.84 Å². The van der Waals surface area contributed by atoms with E-state index in [1.165, 1.54) is 19.3 Å². The normalized spacial score (nSPS) is 23.0. The molecule has 0 aromatic heterocycles. The molecule has 0 aromatic rings. The van der Waals surface area contributed by atoms with Gasteiger partial charge in [-0.25, -0.2) is 0 Å². The molecule has 0 spiro atoms. The van der Waals surface area contributed by atoms with Gasteiger partial charge < -0.3 is 15.8 Å². The van der Waals surface area contributed by atoms with Crippen LogP contribution in [0.1, 0.15) is 39.0 Å². The molecule has 0 aliphatic heterocycles. The Morgan fingerprint density at radius 3 is 2.53 bits per heavy atom. The summed E-state index contributed by atoms with van der Waals surface area (Å²) in [4.78, 5) is 14.3. The summed E-state index contributed by atoms with van der Waals surface area (Å²) in [5.41, 5.74) is 4.95. The lowest BCUT2D eigenvalue weighted by Gasteiger charge is -2.33. The molecule has 2 saturated carbocycles. The number of carbonyl (C=O) groups is 1. The van der Waals surface area contributed by atoms with E-state index in [1.54, 1.807) is 0 Å². The van der Waals surface area contributed by atoms with E-state index in [0.29, 0.717) is 25.3 Å². The molecular formula is C12H21N3O2. The minimum Gasteiger partial charge on any atom is -0.409 e. The summed E-state index contributed by atoms with van der Waals surface area (Å²) in [7, 11) is 0. The van der Waals surface area contributed by atoms with Crippen LogP contribution in [-0.4, -0.2) is 34.9 Å². The maximum absolute atomic E-state index is 12.4. The topological polar surface area (TPSA) is 78.9 Å². The molecule has 96 valence electrons. The van der Waals surface area contributed by atoms with Crippen LogP contribution in [0.2, 0.25) is 0 Å². The highest BCUT2D eigenvalue weighted by Crippen LogP contribution is 2.47. The third kappa shape index (κ3) is 2.10. The summed E-state index contributed by atoms with van der Waals surface area (Å²) < 4.78 is 0. The first kappa shape index (κ1) is 12.2. The fraction of sp³-hybridized carbons (Fsp3) is 0.833. The Balaban J connectivity index is 2.01. The molecule has 0 bridgehead atoms. The van der Waals surface area contributed by atoms with Gasteiger partial charge in [0.1, 0.15) is 5.41 Å². The molecule has 2 fully saturated rings. The van der Waals surface area contributed by atoms with Crippen LogP contribution < -0.4 is 5.73 Å². The number of nitrogens with two attached hydrogens (primary N) is 1. The van der Waals surface area contributed by atoms with Crippen LogP contribution in [0.5, 0.6) is 0 Å². The number of oxime groups is 1. The molecule has 0 unspecified atom stereocenters. The molecule has 0 aromatic carbocycles. The van der Waals surface area contributed by atoms with E-state index in [9.17, 15) is 4.79 Å². The Morgan fingerprint density at radius 1 is 1.53 bits per heavy atom. The standard InChI is InChI=1S/C12H21N3O2/c1-2-15(8-9-4-3-5-9)11(16)12(6-7-12)10(13)14-17/h9,17H,2-8H2,1H3,(H2,13,14). The first-order valence-electron chi connectivity index (χ1n) is 6.41. The van der Waals surface area contributed by atoms with E-state index in [4.69, 9.17) is 10.9 Å². The second-order valence-electron chi connectivity index (χ2n) is 5.21. The van der Waals surface area contributed by atoms with E-state index >= 15 is 0 Å². The van der Waals surface area contributed by atoms with E-state index in [0.717, 1.165) is 6.54 Å². The van der Waals surface area contributed by atoms with Crippen molar-refractivity contribution < 1.29 is 10.0 Å². The third-order valence-electron chi connectivity index (χ3n) is 4.13. The van der Waals surface area contributed by atoms with E-state index < -0.39 is 5.41 Å². The minimum absolute atomic E-state index is 0.0437.